The van der Waals surface area contributed by atoms with Crippen LogP contribution in [0.4, 0.5) is 11.4 Å². The van der Waals surface area contributed by atoms with Gasteiger partial charge in [-0.15, -0.1) is 0 Å². The van der Waals surface area contributed by atoms with E-state index in [1.807, 2.05) is 35.8 Å². The van der Waals surface area contributed by atoms with Crippen LogP contribution in [-0.4, -0.2) is 26.3 Å². The first kappa shape index (κ1) is 14.6. The van der Waals surface area contributed by atoms with Crippen LogP contribution in [0, 0.1) is 10.1 Å². The van der Waals surface area contributed by atoms with Crippen LogP contribution in [0.25, 0.3) is 11.0 Å². The number of nitro groups is 1. The van der Waals surface area contributed by atoms with E-state index < -0.39 is 4.92 Å². The Hall–Kier alpha value is -3.33. The third-order valence-corrected chi connectivity index (χ3v) is 3.17. The molecule has 0 saturated carbocycles. The molecule has 2 N–H and O–H groups in total. The van der Waals surface area contributed by atoms with Crippen molar-refractivity contribution in [2.75, 3.05) is 0 Å². The second-order valence-corrected chi connectivity index (χ2v) is 4.66. The minimum absolute atomic E-state index is 0.00764. The predicted octanol–water partition coefficient (Wildman–Crippen LogP) is 2.38. The number of nitrogens with zero attached hydrogens (tertiary/aromatic N) is 4. The zero-order valence-electron chi connectivity index (χ0n) is 11.7. The van der Waals surface area contributed by atoms with Crippen molar-refractivity contribution in [1.82, 2.24) is 15.8 Å². The number of rotatable bonds is 4. The second-order valence-electron chi connectivity index (χ2n) is 4.66. The highest BCUT2D eigenvalue weighted by Crippen LogP contribution is 2.30. The molecule has 3 rings (SSSR count). The lowest BCUT2D eigenvalue weighted by molar-refractivity contribution is -0.383. The van der Waals surface area contributed by atoms with Crippen LogP contribution in [0.15, 0.2) is 52.1 Å². The summed E-state index contributed by atoms with van der Waals surface area (Å²) in [6.45, 7) is 0. The number of benzene rings is 2. The standard InChI is InChI=1S/C14H11N5O4/c20-16-12(8-9-4-2-1-3-5-9)15-10-6-7-11(19(21)22)14-13(10)17-23-18-14/h1-7,20H,8H2,(H,15,16). The smallest absolute Gasteiger partial charge is 0.290 e. The molecule has 9 nitrogen and oxygen atoms in total. The highest BCUT2D eigenvalue weighted by Gasteiger charge is 2.19. The van der Waals surface area contributed by atoms with Gasteiger partial charge in [-0.1, -0.05) is 30.3 Å². The van der Waals surface area contributed by atoms with Crippen molar-refractivity contribution in [2.24, 2.45) is 4.99 Å². The first-order valence-electron chi connectivity index (χ1n) is 6.60. The van der Waals surface area contributed by atoms with Gasteiger partial charge in [0.2, 0.25) is 5.52 Å². The molecule has 0 spiro atoms. The van der Waals surface area contributed by atoms with Crippen LogP contribution < -0.4 is 5.48 Å². The number of hydrogen-bond acceptors (Lipinski definition) is 7. The summed E-state index contributed by atoms with van der Waals surface area (Å²) in [6, 6.07) is 12.1. The fraction of sp³-hybridized carbons (Fsp3) is 0.0714. The van der Waals surface area contributed by atoms with Gasteiger partial charge in [0.05, 0.1) is 10.6 Å². The lowest BCUT2D eigenvalue weighted by Gasteiger charge is -2.05. The Morgan fingerprint density at radius 1 is 1.22 bits per heavy atom. The van der Waals surface area contributed by atoms with Gasteiger partial charge >= 0.3 is 5.69 Å². The summed E-state index contributed by atoms with van der Waals surface area (Å²) in [4.78, 5) is 14.6. The topological polar surface area (TPSA) is 127 Å². The molecule has 2 aromatic carbocycles. The Morgan fingerprint density at radius 2 is 1.96 bits per heavy atom. The van der Waals surface area contributed by atoms with Crippen LogP contribution in [0.1, 0.15) is 5.56 Å². The summed E-state index contributed by atoms with van der Waals surface area (Å²) in [5.74, 6) is 0.259. The van der Waals surface area contributed by atoms with Crippen molar-refractivity contribution >= 4 is 28.2 Å². The van der Waals surface area contributed by atoms with Gasteiger partial charge in [-0.05, 0) is 21.9 Å². The van der Waals surface area contributed by atoms with Crippen molar-refractivity contribution in [1.29, 1.82) is 0 Å². The summed E-state index contributed by atoms with van der Waals surface area (Å²) in [5.41, 5.74) is 3.21. The molecule has 0 unspecified atom stereocenters. The molecule has 3 aromatic rings. The van der Waals surface area contributed by atoms with Crippen LogP contribution in [0.5, 0.6) is 0 Å². The Balaban J connectivity index is 2.00. The molecule has 0 saturated heterocycles. The van der Waals surface area contributed by atoms with Gasteiger partial charge in [0.1, 0.15) is 5.84 Å². The average molecular weight is 313 g/mol. The number of aromatic nitrogens is 2. The molecular formula is C14H11N5O4. The van der Waals surface area contributed by atoms with Crippen molar-refractivity contribution in [3.05, 3.63) is 58.1 Å². The first-order valence-corrected chi connectivity index (χ1v) is 6.60. The number of hydroxylamine groups is 1. The van der Waals surface area contributed by atoms with E-state index >= 15 is 0 Å². The Kier molecular flexibility index (Phi) is 3.93. The molecule has 0 atom stereocenters. The maximum atomic E-state index is 11.0. The van der Waals surface area contributed by atoms with Gasteiger partial charge in [-0.25, -0.2) is 9.62 Å². The molecule has 0 aliphatic rings. The summed E-state index contributed by atoms with van der Waals surface area (Å²) in [5, 5.41) is 27.4. The second kappa shape index (κ2) is 6.20. The maximum Gasteiger partial charge on any atom is 0.300 e. The van der Waals surface area contributed by atoms with E-state index in [-0.39, 0.29) is 22.6 Å². The first-order chi connectivity index (χ1) is 11.2. The van der Waals surface area contributed by atoms with Gasteiger partial charge in [-0.3, -0.25) is 20.8 Å². The number of nitrogens with one attached hydrogen (secondary N) is 1. The number of hydrogen-bond donors (Lipinski definition) is 2. The van der Waals surface area contributed by atoms with Gasteiger partial charge in [0.15, 0.2) is 5.52 Å². The molecule has 1 aromatic heterocycles. The predicted molar refractivity (Wildman–Crippen MR) is 80.6 cm³/mol. The molecule has 0 aliphatic carbocycles. The number of amidine groups is 1. The normalized spacial score (nSPS) is 11.6. The number of fused-ring (bicyclic) bond motifs is 1. The highest BCUT2D eigenvalue weighted by atomic mass is 16.6. The van der Waals surface area contributed by atoms with Crippen molar-refractivity contribution < 1.29 is 14.8 Å². The van der Waals surface area contributed by atoms with Crippen LogP contribution in [0.3, 0.4) is 0 Å². The molecule has 0 bridgehead atoms. The quantitative estimate of drug-likeness (QED) is 0.327. The van der Waals surface area contributed by atoms with Gasteiger partial charge < -0.3 is 0 Å². The van der Waals surface area contributed by atoms with E-state index in [2.05, 4.69) is 19.9 Å². The SMILES string of the molecule is O=[N+]([O-])c1ccc(N=C(Cc2ccccc2)NO)c2nonc12. The van der Waals surface area contributed by atoms with E-state index in [0.717, 1.165) is 5.56 Å². The largest absolute Gasteiger partial charge is 0.300 e. The summed E-state index contributed by atoms with van der Waals surface area (Å²) < 4.78 is 4.57. The molecule has 0 aliphatic heterocycles. The lowest BCUT2D eigenvalue weighted by atomic mass is 10.1. The number of aliphatic imine (C=N–C) groups is 1. The van der Waals surface area contributed by atoms with E-state index in [4.69, 9.17) is 0 Å². The van der Waals surface area contributed by atoms with Crippen molar-refractivity contribution in [3.8, 4) is 0 Å². The minimum Gasteiger partial charge on any atom is -0.290 e. The average Bonchev–Trinajstić information content (AvgIpc) is 3.05. The Morgan fingerprint density at radius 3 is 2.65 bits per heavy atom. The zero-order valence-corrected chi connectivity index (χ0v) is 11.7. The van der Waals surface area contributed by atoms with Gasteiger partial charge in [0.25, 0.3) is 0 Å². The van der Waals surface area contributed by atoms with Crippen molar-refractivity contribution in [3.63, 3.8) is 0 Å². The van der Waals surface area contributed by atoms with Gasteiger partial charge in [-0.2, -0.15) is 0 Å². The molecule has 0 radical (unpaired) electrons. The van der Waals surface area contributed by atoms with E-state index in [0.29, 0.717) is 12.1 Å². The molecule has 116 valence electrons. The van der Waals surface area contributed by atoms with E-state index in [9.17, 15) is 15.3 Å². The fourth-order valence-corrected chi connectivity index (χ4v) is 2.12. The fourth-order valence-electron chi connectivity index (χ4n) is 2.12. The summed E-state index contributed by atoms with van der Waals surface area (Å²) in [7, 11) is 0. The molecule has 23 heavy (non-hydrogen) atoms. The van der Waals surface area contributed by atoms with E-state index in [1.165, 1.54) is 12.1 Å². The molecule has 1 heterocycles. The lowest BCUT2D eigenvalue weighted by Crippen LogP contribution is -2.21. The summed E-state index contributed by atoms with van der Waals surface area (Å²) in [6.07, 6.45) is 0.348. The Labute approximate surface area is 129 Å². The molecule has 0 amide bonds. The number of nitro benzene ring substituents is 1. The Bertz CT molecular complexity index is 875. The minimum atomic E-state index is -0.574. The van der Waals surface area contributed by atoms with E-state index in [1.54, 1.807) is 0 Å². The monoisotopic (exact) mass is 313 g/mol. The van der Waals surface area contributed by atoms with Crippen molar-refractivity contribution in [2.45, 2.75) is 6.42 Å². The summed E-state index contributed by atoms with van der Waals surface area (Å²) >= 11 is 0. The van der Waals surface area contributed by atoms with Crippen LogP contribution >= 0.6 is 0 Å². The molecule has 0 fully saturated rings. The molecule has 9 heteroatoms. The van der Waals surface area contributed by atoms with Crippen LogP contribution in [-0.2, 0) is 6.42 Å². The number of non-ortho nitro benzene ring substituents is 1. The highest BCUT2D eigenvalue weighted by molar-refractivity contribution is 5.95. The van der Waals surface area contributed by atoms with Crippen LogP contribution in [0.2, 0.25) is 0 Å². The maximum absolute atomic E-state index is 11.0. The van der Waals surface area contributed by atoms with Gasteiger partial charge in [0, 0.05) is 12.5 Å². The molecular weight excluding hydrogens is 302 g/mol. The third-order valence-electron chi connectivity index (χ3n) is 3.17. The zero-order chi connectivity index (χ0) is 16.2. The third kappa shape index (κ3) is 2.99.